The van der Waals surface area contributed by atoms with Crippen molar-refractivity contribution in [1.82, 2.24) is 0 Å². The molecule has 1 aromatic carbocycles. The van der Waals surface area contributed by atoms with Gasteiger partial charge in [-0.3, -0.25) is 0 Å². The molecule has 3 heterocycles. The Labute approximate surface area is 163 Å². The number of para-hydroxylation sites is 1. The van der Waals surface area contributed by atoms with Gasteiger partial charge in [-0.2, -0.15) is 0 Å². The first-order valence-electron chi connectivity index (χ1n) is 8.99. The smallest absolute Gasteiger partial charge is 0.360 e. The van der Waals surface area contributed by atoms with Gasteiger partial charge in [0.15, 0.2) is 17.7 Å². The highest BCUT2D eigenvalue weighted by atomic mass is 32.1. The third kappa shape index (κ3) is 4.11. The number of ether oxygens (including phenoxy) is 7. The molecule has 0 spiro atoms. The third-order valence-corrected chi connectivity index (χ3v) is 4.78. The number of benzene rings is 1. The first-order chi connectivity index (χ1) is 12.7. The van der Waals surface area contributed by atoms with E-state index in [1.165, 1.54) is 0 Å². The number of rotatable bonds is 3. The fraction of sp³-hybridized carbons (Fsp3) is 0.632. The Morgan fingerprint density at radius 3 is 2.33 bits per heavy atom. The minimum atomic E-state index is -0.759. The van der Waals surface area contributed by atoms with Crippen molar-refractivity contribution < 1.29 is 33.2 Å². The van der Waals surface area contributed by atoms with Crippen LogP contribution in [0.15, 0.2) is 30.3 Å². The molecule has 1 aromatic rings. The molecule has 0 N–H and O–H groups in total. The molecule has 7 nitrogen and oxygen atoms in total. The second-order valence-corrected chi connectivity index (χ2v) is 8.02. The van der Waals surface area contributed by atoms with Crippen LogP contribution >= 0.6 is 12.2 Å². The largest absolute Gasteiger partial charge is 0.424 e. The molecule has 3 fully saturated rings. The Bertz CT molecular complexity index is 693. The summed E-state index contributed by atoms with van der Waals surface area (Å²) >= 11 is 5.22. The molecule has 3 saturated heterocycles. The summed E-state index contributed by atoms with van der Waals surface area (Å²) in [4.78, 5) is 0. The summed E-state index contributed by atoms with van der Waals surface area (Å²) in [6, 6.07) is 9.18. The Morgan fingerprint density at radius 2 is 1.67 bits per heavy atom. The van der Waals surface area contributed by atoms with Crippen molar-refractivity contribution in [2.75, 3.05) is 6.61 Å². The maximum absolute atomic E-state index is 6.06. The van der Waals surface area contributed by atoms with E-state index in [9.17, 15) is 0 Å². The van der Waals surface area contributed by atoms with Crippen LogP contribution in [0.2, 0.25) is 0 Å². The van der Waals surface area contributed by atoms with E-state index in [0.717, 1.165) is 0 Å². The van der Waals surface area contributed by atoms with Crippen molar-refractivity contribution >= 4 is 17.5 Å². The molecule has 4 rings (SSSR count). The first-order valence-corrected chi connectivity index (χ1v) is 9.40. The van der Waals surface area contributed by atoms with Gasteiger partial charge >= 0.3 is 5.24 Å². The third-order valence-electron chi connectivity index (χ3n) is 4.60. The summed E-state index contributed by atoms with van der Waals surface area (Å²) < 4.78 is 41.0. The summed E-state index contributed by atoms with van der Waals surface area (Å²) in [6.07, 6.45) is -2.25. The van der Waals surface area contributed by atoms with Crippen LogP contribution in [0.25, 0.3) is 0 Å². The second-order valence-electron chi connectivity index (χ2n) is 7.68. The lowest BCUT2D eigenvalue weighted by Crippen LogP contribution is -2.40. The lowest BCUT2D eigenvalue weighted by molar-refractivity contribution is -0.233. The second kappa shape index (κ2) is 6.95. The number of hydrogen-bond donors (Lipinski definition) is 0. The molecule has 3 aliphatic rings. The zero-order valence-corrected chi connectivity index (χ0v) is 16.6. The predicted molar refractivity (Wildman–Crippen MR) is 98.1 cm³/mol. The molecular weight excluding hydrogens is 372 g/mol. The summed E-state index contributed by atoms with van der Waals surface area (Å²) in [5.41, 5.74) is 0. The van der Waals surface area contributed by atoms with Crippen LogP contribution in [0.5, 0.6) is 5.75 Å². The van der Waals surface area contributed by atoms with Gasteiger partial charge in [0.05, 0.1) is 6.61 Å². The van der Waals surface area contributed by atoms with Crippen LogP contribution in [-0.4, -0.2) is 54.1 Å². The molecular formula is C19H24O7S. The van der Waals surface area contributed by atoms with Crippen molar-refractivity contribution in [3.8, 4) is 5.75 Å². The number of hydrogen-bond acceptors (Lipinski definition) is 8. The maximum Gasteiger partial charge on any atom is 0.360 e. The molecule has 5 atom stereocenters. The summed E-state index contributed by atoms with van der Waals surface area (Å²) in [5, 5.41) is -0.0390. The summed E-state index contributed by atoms with van der Waals surface area (Å²) in [6.45, 7) is 7.85. The number of thiocarbonyl (C=S) groups is 1. The lowest BCUT2D eigenvalue weighted by Gasteiger charge is -2.27. The van der Waals surface area contributed by atoms with Gasteiger partial charge in [-0.25, -0.2) is 0 Å². The minimum Gasteiger partial charge on any atom is -0.424 e. The molecule has 3 aliphatic heterocycles. The van der Waals surface area contributed by atoms with Crippen molar-refractivity contribution in [1.29, 1.82) is 0 Å². The quantitative estimate of drug-likeness (QED) is 0.723. The van der Waals surface area contributed by atoms with Crippen molar-refractivity contribution in [2.24, 2.45) is 0 Å². The predicted octanol–water partition coefficient (Wildman–Crippen LogP) is 2.76. The minimum absolute atomic E-state index is 0.0390. The van der Waals surface area contributed by atoms with Crippen molar-refractivity contribution in [2.45, 2.75) is 70.0 Å². The Hall–Kier alpha value is -1.29. The average Bonchev–Trinajstić information content (AvgIpc) is 3.20. The average molecular weight is 396 g/mol. The van der Waals surface area contributed by atoms with Crippen LogP contribution < -0.4 is 4.74 Å². The molecule has 148 valence electrons. The van der Waals surface area contributed by atoms with E-state index >= 15 is 0 Å². The van der Waals surface area contributed by atoms with Gasteiger partial charge in [-0.15, -0.1) is 0 Å². The Kier molecular flexibility index (Phi) is 4.90. The molecule has 0 radical (unpaired) electrons. The molecule has 27 heavy (non-hydrogen) atoms. The van der Waals surface area contributed by atoms with Crippen molar-refractivity contribution in [3.63, 3.8) is 0 Å². The molecule has 1 unspecified atom stereocenters. The highest BCUT2D eigenvalue weighted by molar-refractivity contribution is 7.79. The molecule has 0 amide bonds. The fourth-order valence-corrected chi connectivity index (χ4v) is 3.76. The van der Waals surface area contributed by atoms with Crippen LogP contribution in [0.1, 0.15) is 27.7 Å². The van der Waals surface area contributed by atoms with Crippen LogP contribution in [-0.2, 0) is 28.4 Å². The van der Waals surface area contributed by atoms with E-state index in [1.54, 1.807) is 12.1 Å². The SMILES string of the molecule is CC1(C)OC[C@@H]([C@H]2OC(OC(=S)Oc3ccccc3)[C@@H]3OC(C)(C)O[C@H]23)O1. The van der Waals surface area contributed by atoms with Crippen LogP contribution in [0.3, 0.4) is 0 Å². The molecule has 8 heteroatoms. The summed E-state index contributed by atoms with van der Waals surface area (Å²) in [5.74, 6) is -0.828. The van der Waals surface area contributed by atoms with Gasteiger partial charge < -0.3 is 33.2 Å². The molecule has 0 saturated carbocycles. The van der Waals surface area contributed by atoms with E-state index in [1.807, 2.05) is 45.9 Å². The Morgan fingerprint density at radius 1 is 0.963 bits per heavy atom. The zero-order chi connectivity index (χ0) is 19.2. The summed E-state index contributed by atoms with van der Waals surface area (Å²) in [7, 11) is 0. The molecule has 0 bridgehead atoms. The highest BCUT2D eigenvalue weighted by Crippen LogP contribution is 2.42. The van der Waals surface area contributed by atoms with Gasteiger partial charge in [0.1, 0.15) is 24.1 Å². The normalized spacial score (nSPS) is 36.4. The van der Waals surface area contributed by atoms with Gasteiger partial charge in [0, 0.05) is 12.2 Å². The van der Waals surface area contributed by atoms with E-state index in [4.69, 9.17) is 45.4 Å². The van der Waals surface area contributed by atoms with Crippen LogP contribution in [0.4, 0.5) is 0 Å². The van der Waals surface area contributed by atoms with Gasteiger partial charge in [-0.05, 0) is 39.8 Å². The lowest BCUT2D eigenvalue weighted by atomic mass is 10.1. The van der Waals surface area contributed by atoms with E-state index in [-0.39, 0.29) is 17.4 Å². The fourth-order valence-electron chi connectivity index (χ4n) is 3.57. The highest BCUT2D eigenvalue weighted by Gasteiger charge is 2.60. The molecule has 0 aromatic heterocycles. The monoisotopic (exact) mass is 396 g/mol. The van der Waals surface area contributed by atoms with Gasteiger partial charge in [-0.1, -0.05) is 18.2 Å². The van der Waals surface area contributed by atoms with E-state index in [2.05, 4.69) is 0 Å². The topological polar surface area (TPSA) is 64.6 Å². The van der Waals surface area contributed by atoms with Gasteiger partial charge in [0.25, 0.3) is 0 Å². The number of fused-ring (bicyclic) bond motifs is 1. The standard InChI is InChI=1S/C19H24O7S/c1-18(2)20-10-12(24-18)13-14-15(26-19(3,4)25-14)16(22-13)23-17(27)21-11-8-6-5-7-9-11/h5-9,12-16H,10H2,1-4H3/t12-,13+,14+,15+,16?/m0/s1. The zero-order valence-electron chi connectivity index (χ0n) is 15.7. The maximum atomic E-state index is 6.06. The van der Waals surface area contributed by atoms with E-state index in [0.29, 0.717) is 12.4 Å². The van der Waals surface area contributed by atoms with E-state index < -0.39 is 30.1 Å². The van der Waals surface area contributed by atoms with Crippen LogP contribution in [0, 0.1) is 0 Å². The first kappa shape index (κ1) is 19.0. The van der Waals surface area contributed by atoms with Gasteiger partial charge in [0.2, 0.25) is 6.29 Å². The Balaban J connectivity index is 1.45. The molecule has 0 aliphatic carbocycles. The van der Waals surface area contributed by atoms with Crippen molar-refractivity contribution in [3.05, 3.63) is 30.3 Å².